The molecule has 0 spiro atoms. The quantitative estimate of drug-likeness (QED) is 0.321. The van der Waals surface area contributed by atoms with Crippen LogP contribution in [0.15, 0.2) is 53.5 Å². The van der Waals surface area contributed by atoms with E-state index >= 15 is 0 Å². The summed E-state index contributed by atoms with van der Waals surface area (Å²) in [7, 11) is 1.82. The number of hydrogen-bond donors (Lipinski definition) is 2. The largest absolute Gasteiger partial charge is 0.494 e. The van der Waals surface area contributed by atoms with Crippen molar-refractivity contribution < 1.29 is 9.47 Å². The Hall–Kier alpha value is -1.80. The van der Waals surface area contributed by atoms with Crippen LogP contribution >= 0.6 is 24.0 Å². The van der Waals surface area contributed by atoms with Crippen LogP contribution in [0, 0.1) is 6.92 Å². The first-order chi connectivity index (χ1) is 14.2. The lowest BCUT2D eigenvalue weighted by atomic mass is 9.74. The first-order valence-electron chi connectivity index (χ1n) is 10.5. The number of ether oxygens (including phenoxy) is 2. The second-order valence-electron chi connectivity index (χ2n) is 7.56. The van der Waals surface area contributed by atoms with Crippen molar-refractivity contribution in [3.05, 3.63) is 65.2 Å². The molecule has 1 aliphatic heterocycles. The monoisotopic (exact) mass is 523 g/mol. The average molecular weight is 523 g/mol. The molecule has 1 saturated heterocycles. The van der Waals surface area contributed by atoms with Gasteiger partial charge in [-0.05, 0) is 55.5 Å². The summed E-state index contributed by atoms with van der Waals surface area (Å²) in [5.74, 6) is 1.74. The van der Waals surface area contributed by atoms with Crippen molar-refractivity contribution in [2.75, 3.05) is 33.4 Å². The summed E-state index contributed by atoms with van der Waals surface area (Å²) in [5, 5.41) is 7.01. The Bertz CT molecular complexity index is 802. The van der Waals surface area contributed by atoms with Gasteiger partial charge in [0.25, 0.3) is 0 Å². The molecule has 2 aromatic rings. The lowest BCUT2D eigenvalue weighted by Crippen LogP contribution is -2.47. The summed E-state index contributed by atoms with van der Waals surface area (Å²) in [6, 6.07) is 17.0. The van der Waals surface area contributed by atoms with Crippen LogP contribution in [0.1, 0.15) is 36.5 Å². The predicted molar refractivity (Wildman–Crippen MR) is 134 cm³/mol. The van der Waals surface area contributed by atoms with Crippen molar-refractivity contribution in [1.82, 2.24) is 10.6 Å². The van der Waals surface area contributed by atoms with Gasteiger partial charge in [0.2, 0.25) is 0 Å². The predicted octanol–water partition coefficient (Wildman–Crippen LogP) is 4.43. The van der Waals surface area contributed by atoms with E-state index in [2.05, 4.69) is 71.1 Å². The Morgan fingerprint density at radius 1 is 1.07 bits per heavy atom. The van der Waals surface area contributed by atoms with Crippen molar-refractivity contribution in [3.8, 4) is 5.75 Å². The third-order valence-corrected chi connectivity index (χ3v) is 5.75. The van der Waals surface area contributed by atoms with Crippen molar-refractivity contribution in [3.63, 3.8) is 0 Å². The second kappa shape index (κ2) is 12.2. The molecule has 0 saturated carbocycles. The van der Waals surface area contributed by atoms with Crippen LogP contribution in [0.4, 0.5) is 0 Å². The number of guanidine groups is 1. The van der Waals surface area contributed by atoms with E-state index in [0.717, 1.165) is 50.9 Å². The number of rotatable bonds is 7. The fourth-order valence-corrected chi connectivity index (χ4v) is 3.86. The zero-order chi connectivity index (χ0) is 20.5. The van der Waals surface area contributed by atoms with E-state index in [1.807, 2.05) is 14.0 Å². The van der Waals surface area contributed by atoms with Crippen molar-refractivity contribution in [2.45, 2.75) is 38.6 Å². The minimum Gasteiger partial charge on any atom is -0.494 e. The number of aliphatic imine (C=N–C) groups is 1. The third-order valence-electron chi connectivity index (χ3n) is 5.75. The first-order valence-corrected chi connectivity index (χ1v) is 10.5. The van der Waals surface area contributed by atoms with Crippen LogP contribution in [0.2, 0.25) is 0 Å². The molecule has 0 amide bonds. The molecule has 0 bridgehead atoms. The highest BCUT2D eigenvalue weighted by molar-refractivity contribution is 14.0. The van der Waals surface area contributed by atoms with Crippen molar-refractivity contribution in [2.24, 2.45) is 4.99 Å². The van der Waals surface area contributed by atoms with Gasteiger partial charge in [0.15, 0.2) is 5.96 Å². The van der Waals surface area contributed by atoms with Crippen LogP contribution in [0.3, 0.4) is 0 Å². The molecule has 2 N–H and O–H groups in total. The van der Waals surface area contributed by atoms with E-state index in [1.54, 1.807) is 0 Å². The van der Waals surface area contributed by atoms with Gasteiger partial charge < -0.3 is 20.1 Å². The molecule has 0 radical (unpaired) electrons. The Kier molecular flexibility index (Phi) is 9.91. The standard InChI is InChI=1S/C24H33N3O2.HI/c1-4-29-22-11-9-21(10-12-22)24(13-15-28-16-14-24)18-27-23(25-3)26-17-20-8-6-5-7-19(20)2;/h5-12H,4,13-18H2,1-3H3,(H2,25,26,27);1H. The molecule has 0 unspecified atom stereocenters. The van der Waals surface area contributed by atoms with Gasteiger partial charge in [-0.1, -0.05) is 36.4 Å². The van der Waals surface area contributed by atoms with Crippen LogP contribution in [0.25, 0.3) is 0 Å². The summed E-state index contributed by atoms with van der Waals surface area (Å²) >= 11 is 0. The van der Waals surface area contributed by atoms with Gasteiger partial charge in [0, 0.05) is 38.8 Å². The Morgan fingerprint density at radius 3 is 2.40 bits per heavy atom. The number of aryl methyl sites for hydroxylation is 1. The molecule has 0 aromatic heterocycles. The minimum absolute atomic E-state index is 0. The van der Waals surface area contributed by atoms with Crippen LogP contribution in [-0.2, 0) is 16.7 Å². The van der Waals surface area contributed by atoms with Gasteiger partial charge in [0.05, 0.1) is 6.61 Å². The van der Waals surface area contributed by atoms with Crippen molar-refractivity contribution >= 4 is 29.9 Å². The highest BCUT2D eigenvalue weighted by Gasteiger charge is 2.34. The van der Waals surface area contributed by atoms with E-state index in [4.69, 9.17) is 9.47 Å². The third kappa shape index (κ3) is 6.35. The van der Waals surface area contributed by atoms with Gasteiger partial charge in [0.1, 0.15) is 5.75 Å². The molecule has 1 fully saturated rings. The SMILES string of the molecule is CCOc1ccc(C2(CNC(=NC)NCc3ccccc3C)CCOCC2)cc1.I. The number of halogens is 1. The molecule has 3 rings (SSSR count). The number of benzene rings is 2. The zero-order valence-electron chi connectivity index (χ0n) is 18.2. The summed E-state index contributed by atoms with van der Waals surface area (Å²) in [4.78, 5) is 4.42. The van der Waals surface area contributed by atoms with E-state index in [0.29, 0.717) is 6.61 Å². The summed E-state index contributed by atoms with van der Waals surface area (Å²) in [5.41, 5.74) is 3.92. The number of nitrogens with one attached hydrogen (secondary N) is 2. The molecule has 0 atom stereocenters. The van der Waals surface area contributed by atoms with Crippen LogP contribution < -0.4 is 15.4 Å². The summed E-state index contributed by atoms with van der Waals surface area (Å²) in [6.07, 6.45) is 1.98. The van der Waals surface area contributed by atoms with Crippen molar-refractivity contribution in [1.29, 1.82) is 0 Å². The smallest absolute Gasteiger partial charge is 0.191 e. The maximum absolute atomic E-state index is 5.66. The first kappa shape index (κ1) is 24.5. The number of hydrogen-bond acceptors (Lipinski definition) is 3. The normalized spacial score (nSPS) is 15.8. The molecular formula is C24H34IN3O2. The summed E-state index contributed by atoms with van der Waals surface area (Å²) < 4.78 is 11.3. The van der Waals surface area contributed by atoms with Gasteiger partial charge >= 0.3 is 0 Å². The summed E-state index contributed by atoms with van der Waals surface area (Å²) in [6.45, 7) is 7.96. The number of nitrogens with zero attached hydrogens (tertiary/aromatic N) is 1. The fourth-order valence-electron chi connectivity index (χ4n) is 3.86. The molecule has 0 aliphatic carbocycles. The van der Waals surface area contributed by atoms with E-state index in [1.165, 1.54) is 16.7 Å². The molecule has 164 valence electrons. The highest BCUT2D eigenvalue weighted by Crippen LogP contribution is 2.35. The Balaban J connectivity index is 0.00000320. The van der Waals surface area contributed by atoms with E-state index in [-0.39, 0.29) is 29.4 Å². The lowest BCUT2D eigenvalue weighted by Gasteiger charge is -2.38. The molecule has 5 nitrogen and oxygen atoms in total. The fraction of sp³-hybridized carbons (Fsp3) is 0.458. The van der Waals surface area contributed by atoms with E-state index in [9.17, 15) is 0 Å². The zero-order valence-corrected chi connectivity index (χ0v) is 20.6. The maximum Gasteiger partial charge on any atom is 0.191 e. The van der Waals surface area contributed by atoms with Crippen LogP contribution in [0.5, 0.6) is 5.75 Å². The van der Waals surface area contributed by atoms with Gasteiger partial charge in [-0.3, -0.25) is 4.99 Å². The van der Waals surface area contributed by atoms with Crippen LogP contribution in [-0.4, -0.2) is 39.4 Å². The average Bonchev–Trinajstić information content (AvgIpc) is 2.76. The molecule has 2 aromatic carbocycles. The molecular weight excluding hydrogens is 489 g/mol. The van der Waals surface area contributed by atoms with Gasteiger partial charge in [-0.15, -0.1) is 24.0 Å². The van der Waals surface area contributed by atoms with Gasteiger partial charge in [-0.2, -0.15) is 0 Å². The molecule has 1 aliphatic rings. The highest BCUT2D eigenvalue weighted by atomic mass is 127. The topological polar surface area (TPSA) is 54.9 Å². The minimum atomic E-state index is 0. The molecule has 6 heteroatoms. The Labute approximate surface area is 197 Å². The maximum atomic E-state index is 5.66. The Morgan fingerprint density at radius 2 is 1.77 bits per heavy atom. The lowest BCUT2D eigenvalue weighted by molar-refractivity contribution is 0.0513. The molecule has 30 heavy (non-hydrogen) atoms. The van der Waals surface area contributed by atoms with E-state index < -0.39 is 0 Å². The molecule has 1 heterocycles. The van der Waals surface area contributed by atoms with Gasteiger partial charge in [-0.25, -0.2) is 0 Å². The second-order valence-corrected chi connectivity index (χ2v) is 7.56.